The third-order valence-corrected chi connectivity index (χ3v) is 5.32. The van der Waals surface area contributed by atoms with Crippen LogP contribution >= 0.6 is 11.9 Å². The van der Waals surface area contributed by atoms with E-state index in [9.17, 15) is 8.42 Å². The average Bonchev–Trinajstić information content (AvgIpc) is 2.46. The van der Waals surface area contributed by atoms with Crippen LogP contribution in [0.15, 0.2) is 58.3 Å². The molecule has 20 heavy (non-hydrogen) atoms. The number of para-hydroxylation sites is 1. The molecule has 2 rings (SSSR count). The van der Waals surface area contributed by atoms with Crippen LogP contribution in [0, 0.1) is 6.92 Å². The van der Waals surface area contributed by atoms with Gasteiger partial charge in [0, 0.05) is 0 Å². The maximum Gasteiger partial charge on any atom is 0.250 e. The molecule has 0 heterocycles. The molecule has 0 bridgehead atoms. The van der Waals surface area contributed by atoms with E-state index in [1.54, 1.807) is 43.5 Å². The molecule has 0 fully saturated rings. The van der Waals surface area contributed by atoms with Crippen molar-refractivity contribution in [1.29, 1.82) is 0 Å². The summed E-state index contributed by atoms with van der Waals surface area (Å²) in [5, 5.41) is 0. The minimum atomic E-state index is -3.54. The van der Waals surface area contributed by atoms with Crippen molar-refractivity contribution in [3.05, 3.63) is 54.1 Å². The molecule has 0 atom stereocenters. The lowest BCUT2D eigenvalue weighted by Gasteiger charge is -2.09. The first kappa shape index (κ1) is 14.9. The van der Waals surface area contributed by atoms with Gasteiger partial charge in [-0.2, -0.15) is 0 Å². The van der Waals surface area contributed by atoms with Crippen molar-refractivity contribution in [2.45, 2.75) is 16.7 Å². The molecular formula is C14H15NO3S2. The van der Waals surface area contributed by atoms with Crippen molar-refractivity contribution in [2.24, 2.45) is 0 Å². The minimum absolute atomic E-state index is 0.241. The standard InChI is InChI=1S/C14H15NO3S2/c1-11-7-9-12(10-8-11)20(16,17)15-19-14-6-4-3-5-13(14)18-2/h3-10,15H,1-2H3. The Kier molecular flexibility index (Phi) is 4.69. The van der Waals surface area contributed by atoms with Gasteiger partial charge in [0.15, 0.2) is 0 Å². The van der Waals surface area contributed by atoms with E-state index in [0.717, 1.165) is 17.5 Å². The Labute approximate surface area is 123 Å². The van der Waals surface area contributed by atoms with Crippen LogP contribution in [0.2, 0.25) is 0 Å². The Hall–Kier alpha value is -1.50. The van der Waals surface area contributed by atoms with Crippen LogP contribution in [-0.4, -0.2) is 15.5 Å². The molecule has 0 spiro atoms. The fourth-order valence-corrected chi connectivity index (χ4v) is 3.64. The predicted molar refractivity (Wildman–Crippen MR) is 80.4 cm³/mol. The zero-order valence-electron chi connectivity index (χ0n) is 11.2. The largest absolute Gasteiger partial charge is 0.496 e. The quantitative estimate of drug-likeness (QED) is 0.863. The molecule has 0 saturated carbocycles. The Morgan fingerprint density at radius 2 is 1.70 bits per heavy atom. The van der Waals surface area contributed by atoms with Crippen molar-refractivity contribution in [3.8, 4) is 5.75 Å². The second kappa shape index (κ2) is 6.30. The van der Waals surface area contributed by atoms with Crippen LogP contribution in [0.3, 0.4) is 0 Å². The van der Waals surface area contributed by atoms with E-state index in [0.29, 0.717) is 10.6 Å². The van der Waals surface area contributed by atoms with Gasteiger partial charge in [0.1, 0.15) is 5.75 Å². The van der Waals surface area contributed by atoms with Crippen LogP contribution in [0.1, 0.15) is 5.56 Å². The maximum atomic E-state index is 12.1. The van der Waals surface area contributed by atoms with Crippen molar-refractivity contribution in [1.82, 2.24) is 4.13 Å². The molecule has 0 amide bonds. The van der Waals surface area contributed by atoms with Crippen LogP contribution in [0.5, 0.6) is 5.75 Å². The first-order valence-electron chi connectivity index (χ1n) is 5.91. The molecule has 1 N–H and O–H groups in total. The lowest BCUT2D eigenvalue weighted by molar-refractivity contribution is 0.405. The van der Waals surface area contributed by atoms with Gasteiger partial charge in [-0.05, 0) is 43.1 Å². The summed E-state index contributed by atoms with van der Waals surface area (Å²) in [7, 11) is -1.99. The molecule has 0 aromatic heterocycles. The zero-order chi connectivity index (χ0) is 14.6. The number of sulfonamides is 1. The first-order chi connectivity index (χ1) is 9.53. The highest BCUT2D eigenvalue weighted by atomic mass is 32.3. The van der Waals surface area contributed by atoms with E-state index in [2.05, 4.69) is 4.13 Å². The van der Waals surface area contributed by atoms with Gasteiger partial charge in [-0.25, -0.2) is 8.42 Å². The molecule has 2 aromatic carbocycles. The first-order valence-corrected chi connectivity index (χ1v) is 8.21. The fraction of sp³-hybridized carbons (Fsp3) is 0.143. The van der Waals surface area contributed by atoms with E-state index < -0.39 is 10.0 Å². The van der Waals surface area contributed by atoms with Gasteiger partial charge in [-0.1, -0.05) is 29.8 Å². The molecule has 6 heteroatoms. The molecule has 0 aliphatic rings. The van der Waals surface area contributed by atoms with Gasteiger partial charge >= 0.3 is 0 Å². The lowest BCUT2D eigenvalue weighted by Crippen LogP contribution is -2.16. The number of nitrogens with one attached hydrogen (secondary N) is 1. The van der Waals surface area contributed by atoms with E-state index in [1.807, 2.05) is 19.1 Å². The normalized spacial score (nSPS) is 11.3. The number of ether oxygens (including phenoxy) is 1. The topological polar surface area (TPSA) is 55.4 Å². The highest BCUT2D eigenvalue weighted by molar-refractivity contribution is 8.09. The molecule has 0 aliphatic carbocycles. The molecule has 0 unspecified atom stereocenters. The van der Waals surface area contributed by atoms with E-state index in [1.165, 1.54) is 0 Å². The summed E-state index contributed by atoms with van der Waals surface area (Å²) in [6.07, 6.45) is 0. The van der Waals surface area contributed by atoms with Gasteiger partial charge in [-0.3, -0.25) is 0 Å². The Bertz CT molecular complexity index is 682. The van der Waals surface area contributed by atoms with Gasteiger partial charge in [0.25, 0.3) is 0 Å². The van der Waals surface area contributed by atoms with Crippen LogP contribution in [-0.2, 0) is 10.0 Å². The number of benzene rings is 2. The SMILES string of the molecule is COc1ccccc1SNS(=O)(=O)c1ccc(C)cc1. The Morgan fingerprint density at radius 3 is 2.35 bits per heavy atom. The van der Waals surface area contributed by atoms with Crippen LogP contribution < -0.4 is 8.86 Å². The Morgan fingerprint density at radius 1 is 1.05 bits per heavy atom. The highest BCUT2D eigenvalue weighted by Crippen LogP contribution is 2.27. The van der Waals surface area contributed by atoms with Crippen molar-refractivity contribution in [2.75, 3.05) is 7.11 Å². The molecule has 106 valence electrons. The fourth-order valence-electron chi connectivity index (χ4n) is 1.57. The third-order valence-electron chi connectivity index (χ3n) is 2.66. The summed E-state index contributed by atoms with van der Waals surface area (Å²) >= 11 is 1.01. The number of hydrogen-bond acceptors (Lipinski definition) is 4. The molecule has 0 saturated heterocycles. The number of aryl methyl sites for hydroxylation is 1. The maximum absolute atomic E-state index is 12.1. The number of hydrogen-bond donors (Lipinski definition) is 1. The van der Waals surface area contributed by atoms with Gasteiger partial charge in [0.2, 0.25) is 10.0 Å². The molecular weight excluding hydrogens is 294 g/mol. The van der Waals surface area contributed by atoms with Crippen molar-refractivity contribution < 1.29 is 13.2 Å². The highest BCUT2D eigenvalue weighted by Gasteiger charge is 2.15. The van der Waals surface area contributed by atoms with Gasteiger partial charge < -0.3 is 4.74 Å². The summed E-state index contributed by atoms with van der Waals surface area (Å²) in [6, 6.07) is 13.9. The summed E-state index contributed by atoms with van der Waals surface area (Å²) < 4.78 is 32.0. The zero-order valence-corrected chi connectivity index (χ0v) is 12.8. The number of methoxy groups -OCH3 is 1. The second-order valence-electron chi connectivity index (χ2n) is 4.15. The van der Waals surface area contributed by atoms with Crippen molar-refractivity contribution >= 4 is 22.0 Å². The van der Waals surface area contributed by atoms with E-state index in [4.69, 9.17) is 4.74 Å². The third kappa shape index (κ3) is 3.53. The predicted octanol–water partition coefficient (Wildman–Crippen LogP) is 2.99. The summed E-state index contributed by atoms with van der Waals surface area (Å²) in [6.45, 7) is 1.91. The van der Waals surface area contributed by atoms with Crippen molar-refractivity contribution in [3.63, 3.8) is 0 Å². The smallest absolute Gasteiger partial charge is 0.250 e. The average molecular weight is 309 g/mol. The summed E-state index contributed by atoms with van der Waals surface area (Å²) in [5.74, 6) is 0.629. The molecule has 2 aromatic rings. The van der Waals surface area contributed by atoms with Gasteiger partial charge in [0.05, 0.1) is 16.9 Å². The van der Waals surface area contributed by atoms with E-state index in [-0.39, 0.29) is 4.90 Å². The minimum Gasteiger partial charge on any atom is -0.496 e. The van der Waals surface area contributed by atoms with Crippen LogP contribution in [0.4, 0.5) is 0 Å². The molecule has 0 radical (unpaired) electrons. The summed E-state index contributed by atoms with van der Waals surface area (Å²) in [5.41, 5.74) is 1.02. The Balaban J connectivity index is 2.15. The number of rotatable bonds is 5. The molecule has 4 nitrogen and oxygen atoms in total. The van der Waals surface area contributed by atoms with Crippen LogP contribution in [0.25, 0.3) is 0 Å². The lowest BCUT2D eigenvalue weighted by atomic mass is 10.2. The summed E-state index contributed by atoms with van der Waals surface area (Å²) in [4.78, 5) is 0.955. The van der Waals surface area contributed by atoms with Gasteiger partial charge in [-0.15, -0.1) is 4.13 Å². The monoisotopic (exact) mass is 309 g/mol. The molecule has 0 aliphatic heterocycles. The van der Waals surface area contributed by atoms with E-state index >= 15 is 0 Å². The second-order valence-corrected chi connectivity index (χ2v) is 6.94.